The van der Waals surface area contributed by atoms with E-state index < -0.39 is 18.8 Å². The molecule has 0 atom stereocenters. The van der Waals surface area contributed by atoms with Crippen molar-refractivity contribution in [3.05, 3.63) is 78.1 Å². The van der Waals surface area contributed by atoms with Crippen molar-refractivity contribution in [1.29, 1.82) is 0 Å². The summed E-state index contributed by atoms with van der Waals surface area (Å²) in [6.45, 7) is 0.536. The Bertz CT molecular complexity index is 1070. The summed E-state index contributed by atoms with van der Waals surface area (Å²) in [4.78, 5) is 8.60. The van der Waals surface area contributed by atoms with E-state index >= 15 is 0 Å². The smallest absolute Gasteiger partial charge is 0.423 e. The lowest BCUT2D eigenvalue weighted by Gasteiger charge is -2.09. The summed E-state index contributed by atoms with van der Waals surface area (Å²) in [5, 5.41) is 18.3. The number of hydrogen-bond acceptors (Lipinski definition) is 4. The van der Waals surface area contributed by atoms with Gasteiger partial charge in [0, 0.05) is 18.9 Å². The molecule has 2 aromatic carbocycles. The zero-order valence-electron chi connectivity index (χ0n) is 14.0. The highest BCUT2D eigenvalue weighted by Gasteiger charge is 2.17. The van der Waals surface area contributed by atoms with Crippen LogP contribution in [0.1, 0.15) is 5.56 Å². The van der Waals surface area contributed by atoms with Gasteiger partial charge >= 0.3 is 7.12 Å². The van der Waals surface area contributed by atoms with Crippen LogP contribution in [0.2, 0.25) is 0 Å². The summed E-state index contributed by atoms with van der Waals surface area (Å²) in [7, 11) is -1.50. The van der Waals surface area contributed by atoms with Crippen LogP contribution in [0.4, 0.5) is 8.78 Å². The molecule has 134 valence electrons. The first-order valence-electron chi connectivity index (χ1n) is 8.24. The summed E-state index contributed by atoms with van der Waals surface area (Å²) in [5.74, 6) is -1.76. The Morgan fingerprint density at radius 2 is 1.67 bits per heavy atom. The van der Waals surface area contributed by atoms with Gasteiger partial charge in [0.05, 0.1) is 11.3 Å². The minimum atomic E-state index is -1.50. The molecule has 8 heteroatoms. The molecule has 0 saturated carbocycles. The van der Waals surface area contributed by atoms with Crippen LogP contribution in [0, 0.1) is 11.6 Å². The van der Waals surface area contributed by atoms with E-state index in [-0.39, 0.29) is 11.4 Å². The topological polar surface area (TPSA) is 71.2 Å². The molecule has 0 radical (unpaired) electrons. The lowest BCUT2D eigenvalue weighted by molar-refractivity contribution is 0.426. The molecular weight excluding hydrogens is 351 g/mol. The van der Waals surface area contributed by atoms with Crippen LogP contribution in [0.3, 0.4) is 0 Å². The molecule has 0 saturated heterocycles. The van der Waals surface area contributed by atoms with E-state index in [1.165, 1.54) is 12.1 Å². The van der Waals surface area contributed by atoms with Gasteiger partial charge in [-0.15, -0.1) is 0 Å². The molecule has 0 bridgehead atoms. The molecule has 0 aliphatic carbocycles. The van der Waals surface area contributed by atoms with Gasteiger partial charge in [0.1, 0.15) is 5.69 Å². The monoisotopic (exact) mass is 365 g/mol. The number of nitrogens with zero attached hydrogens (tertiary/aromatic N) is 3. The van der Waals surface area contributed by atoms with Crippen LogP contribution in [-0.2, 0) is 6.54 Å². The van der Waals surface area contributed by atoms with Crippen LogP contribution >= 0.6 is 0 Å². The van der Waals surface area contributed by atoms with Crippen molar-refractivity contribution < 1.29 is 18.8 Å². The van der Waals surface area contributed by atoms with Gasteiger partial charge in [0.15, 0.2) is 17.5 Å². The van der Waals surface area contributed by atoms with E-state index in [1.54, 1.807) is 36.5 Å². The summed E-state index contributed by atoms with van der Waals surface area (Å²) in [5.41, 5.74) is 2.56. The number of rotatable bonds is 4. The molecule has 2 N–H and O–H groups in total. The van der Waals surface area contributed by atoms with E-state index in [9.17, 15) is 8.78 Å². The number of halogens is 2. The molecule has 0 fully saturated rings. The van der Waals surface area contributed by atoms with Gasteiger partial charge in [0.25, 0.3) is 0 Å². The van der Waals surface area contributed by atoms with E-state index in [2.05, 4.69) is 9.97 Å². The van der Waals surface area contributed by atoms with Crippen molar-refractivity contribution in [2.24, 2.45) is 0 Å². The van der Waals surface area contributed by atoms with Gasteiger partial charge in [-0.2, -0.15) is 0 Å². The zero-order valence-corrected chi connectivity index (χ0v) is 14.0. The third-order valence-electron chi connectivity index (χ3n) is 4.26. The van der Waals surface area contributed by atoms with Gasteiger partial charge in [-0.05, 0) is 29.2 Å². The largest absolute Gasteiger partial charge is 0.488 e. The first-order valence-corrected chi connectivity index (χ1v) is 8.24. The minimum Gasteiger partial charge on any atom is -0.423 e. The Balaban J connectivity index is 1.63. The number of pyridine rings is 1. The highest BCUT2D eigenvalue weighted by Crippen LogP contribution is 2.27. The van der Waals surface area contributed by atoms with E-state index in [0.717, 1.165) is 11.6 Å². The van der Waals surface area contributed by atoms with Crippen LogP contribution < -0.4 is 5.46 Å². The molecule has 2 aliphatic rings. The molecule has 5 nitrogen and oxygen atoms in total. The highest BCUT2D eigenvalue weighted by atomic mass is 19.2. The Hall–Kier alpha value is -3.10. The summed E-state index contributed by atoms with van der Waals surface area (Å²) in [6, 6.07) is 12.6. The fourth-order valence-corrected chi connectivity index (χ4v) is 2.85. The van der Waals surface area contributed by atoms with Gasteiger partial charge in [0.2, 0.25) is 0 Å². The third kappa shape index (κ3) is 3.44. The third-order valence-corrected chi connectivity index (χ3v) is 4.26. The fraction of sp³-hybridized carbons (Fsp3) is 0.0526. The number of aromatic nitrogens is 3. The van der Waals surface area contributed by atoms with Gasteiger partial charge in [-0.3, -0.25) is 0 Å². The SMILES string of the molecule is OB(O)c1ccc(Cn2ccc3nc(-c4cccc(F)c4F)nc-3c2)cc1. The molecule has 0 unspecified atom stereocenters. The molecule has 0 aromatic heterocycles. The Labute approximate surface area is 154 Å². The first kappa shape index (κ1) is 17.3. The van der Waals surface area contributed by atoms with Crippen molar-refractivity contribution in [3.8, 4) is 22.8 Å². The van der Waals surface area contributed by atoms with Crippen molar-refractivity contribution >= 4 is 12.6 Å². The van der Waals surface area contributed by atoms with Gasteiger partial charge in [-0.25, -0.2) is 18.7 Å². The fourth-order valence-electron chi connectivity index (χ4n) is 2.85. The van der Waals surface area contributed by atoms with Gasteiger partial charge in [-0.1, -0.05) is 30.3 Å². The average Bonchev–Trinajstić information content (AvgIpc) is 3.07. The van der Waals surface area contributed by atoms with Crippen molar-refractivity contribution in [2.75, 3.05) is 0 Å². The number of benzene rings is 2. The second kappa shape index (κ2) is 6.90. The molecule has 0 amide bonds. The van der Waals surface area contributed by atoms with Crippen molar-refractivity contribution in [1.82, 2.24) is 14.5 Å². The van der Waals surface area contributed by atoms with Crippen molar-refractivity contribution in [2.45, 2.75) is 6.54 Å². The maximum Gasteiger partial charge on any atom is 0.488 e. The zero-order chi connectivity index (χ0) is 19.0. The Morgan fingerprint density at radius 1 is 0.926 bits per heavy atom. The first-order chi connectivity index (χ1) is 13.0. The molecule has 0 spiro atoms. The maximum absolute atomic E-state index is 14.0. The van der Waals surface area contributed by atoms with E-state index in [4.69, 9.17) is 10.0 Å². The summed E-state index contributed by atoms with van der Waals surface area (Å²) >= 11 is 0. The number of imidazole rings is 1. The molecular formula is C19H14BF2N3O2. The second-order valence-corrected chi connectivity index (χ2v) is 6.15. The number of hydrogen-bond donors (Lipinski definition) is 2. The maximum atomic E-state index is 14.0. The summed E-state index contributed by atoms with van der Waals surface area (Å²) in [6.07, 6.45) is 3.59. The van der Waals surface area contributed by atoms with Crippen LogP contribution in [0.15, 0.2) is 60.9 Å². The molecule has 2 aromatic rings. The summed E-state index contributed by atoms with van der Waals surface area (Å²) < 4.78 is 29.3. The lowest BCUT2D eigenvalue weighted by Crippen LogP contribution is -2.29. The normalized spacial score (nSPS) is 11.1. The van der Waals surface area contributed by atoms with Gasteiger partial charge < -0.3 is 14.6 Å². The predicted octanol–water partition coefficient (Wildman–Crippen LogP) is 2.06. The van der Waals surface area contributed by atoms with E-state index in [0.29, 0.717) is 23.4 Å². The standard InChI is InChI=1S/C19H14BF2N3O2/c21-15-3-1-2-14(18(15)22)19-23-16-8-9-25(11-17(16)24-19)10-12-4-6-13(7-5-12)20(26)27/h1-9,11,26-27H,10H2. The van der Waals surface area contributed by atoms with Crippen LogP contribution in [0.5, 0.6) is 0 Å². The van der Waals surface area contributed by atoms with Crippen LogP contribution in [-0.4, -0.2) is 31.7 Å². The average molecular weight is 365 g/mol. The lowest BCUT2D eigenvalue weighted by atomic mass is 9.80. The number of fused-ring (bicyclic) bond motifs is 1. The van der Waals surface area contributed by atoms with Crippen LogP contribution in [0.25, 0.3) is 22.8 Å². The molecule has 2 heterocycles. The Morgan fingerprint density at radius 3 is 2.41 bits per heavy atom. The minimum absolute atomic E-state index is 0.0240. The molecule has 27 heavy (non-hydrogen) atoms. The molecule has 4 rings (SSSR count). The van der Waals surface area contributed by atoms with E-state index in [1.807, 2.05) is 10.8 Å². The highest BCUT2D eigenvalue weighted by molar-refractivity contribution is 6.58. The van der Waals surface area contributed by atoms with Crippen molar-refractivity contribution in [3.63, 3.8) is 0 Å². The quantitative estimate of drug-likeness (QED) is 0.543. The predicted molar refractivity (Wildman–Crippen MR) is 97.4 cm³/mol. The second-order valence-electron chi connectivity index (χ2n) is 6.15. The Kier molecular flexibility index (Phi) is 4.43. The molecule has 2 aliphatic heterocycles.